The Morgan fingerprint density at radius 3 is 2.57 bits per heavy atom. The fraction of sp³-hybridized carbons (Fsp3) is 0.158. The molecule has 4 aromatic rings. The Kier molecular flexibility index (Phi) is 4.48. The van der Waals surface area contributed by atoms with Crippen LogP contribution in [0.5, 0.6) is 5.75 Å². The van der Waals surface area contributed by atoms with Crippen LogP contribution in [0, 0.1) is 5.82 Å². The van der Waals surface area contributed by atoms with Gasteiger partial charge in [0.2, 0.25) is 0 Å². The summed E-state index contributed by atoms with van der Waals surface area (Å²) in [4.78, 5) is 5.64. The second kappa shape index (κ2) is 7.10. The molecule has 3 aromatic heterocycles. The van der Waals surface area contributed by atoms with Crippen molar-refractivity contribution in [3.05, 3.63) is 66.5 Å². The maximum absolute atomic E-state index is 13.9. The van der Waals surface area contributed by atoms with E-state index < -0.39 is 6.10 Å². The second-order valence-corrected chi connectivity index (χ2v) is 6.23. The highest BCUT2D eigenvalue weighted by atomic mass is 19.1. The number of ether oxygens (including phenoxy) is 1. The van der Waals surface area contributed by atoms with Crippen molar-refractivity contribution in [3.63, 3.8) is 0 Å². The van der Waals surface area contributed by atoms with Crippen molar-refractivity contribution in [2.24, 2.45) is 7.05 Å². The Morgan fingerprint density at radius 2 is 1.86 bits per heavy atom. The lowest BCUT2D eigenvalue weighted by Crippen LogP contribution is -2.11. The fourth-order valence-corrected chi connectivity index (χ4v) is 2.97. The van der Waals surface area contributed by atoms with Crippen LogP contribution < -0.4 is 10.5 Å². The molecule has 1 aromatic carbocycles. The van der Waals surface area contributed by atoms with Crippen LogP contribution in [0.25, 0.3) is 16.9 Å². The SMILES string of the molecule is CC(Oc1cc(-c2ccnn2C)cnc1N)c1cc(F)ccc1-n1nccn1. The minimum Gasteiger partial charge on any atom is -0.482 e. The number of hydrogen-bond donors (Lipinski definition) is 1. The first kappa shape index (κ1) is 17.7. The Labute approximate surface area is 160 Å². The monoisotopic (exact) mass is 379 g/mol. The summed E-state index contributed by atoms with van der Waals surface area (Å²) in [6.07, 6.45) is 5.94. The zero-order chi connectivity index (χ0) is 19.7. The summed E-state index contributed by atoms with van der Waals surface area (Å²) >= 11 is 0. The van der Waals surface area contributed by atoms with Crippen LogP contribution >= 0.6 is 0 Å². The third kappa shape index (κ3) is 3.29. The van der Waals surface area contributed by atoms with Gasteiger partial charge in [0, 0.05) is 30.6 Å². The van der Waals surface area contributed by atoms with Crippen LogP contribution in [0.4, 0.5) is 10.2 Å². The Balaban J connectivity index is 1.69. The normalized spacial score (nSPS) is 12.1. The van der Waals surface area contributed by atoms with Gasteiger partial charge in [0.15, 0.2) is 11.6 Å². The molecule has 0 bridgehead atoms. The molecule has 4 rings (SSSR count). The van der Waals surface area contributed by atoms with E-state index in [0.29, 0.717) is 17.0 Å². The summed E-state index contributed by atoms with van der Waals surface area (Å²) in [6.45, 7) is 1.80. The van der Waals surface area contributed by atoms with Crippen LogP contribution in [-0.4, -0.2) is 29.8 Å². The number of rotatable bonds is 5. The van der Waals surface area contributed by atoms with Gasteiger partial charge in [-0.2, -0.15) is 20.1 Å². The quantitative estimate of drug-likeness (QED) is 0.573. The number of nitrogens with two attached hydrogens (primary N) is 1. The number of aryl methyl sites for hydroxylation is 1. The summed E-state index contributed by atoms with van der Waals surface area (Å²) in [6, 6.07) is 8.03. The van der Waals surface area contributed by atoms with Crippen molar-refractivity contribution in [2.45, 2.75) is 13.0 Å². The van der Waals surface area contributed by atoms with E-state index in [9.17, 15) is 4.39 Å². The molecule has 0 fully saturated rings. The van der Waals surface area contributed by atoms with Gasteiger partial charge >= 0.3 is 0 Å². The lowest BCUT2D eigenvalue weighted by molar-refractivity contribution is 0.226. The van der Waals surface area contributed by atoms with E-state index in [-0.39, 0.29) is 11.6 Å². The number of hydrogen-bond acceptors (Lipinski definition) is 6. The van der Waals surface area contributed by atoms with Gasteiger partial charge in [0.1, 0.15) is 11.9 Å². The van der Waals surface area contributed by atoms with Gasteiger partial charge in [-0.05, 0) is 37.3 Å². The molecular weight excluding hydrogens is 361 g/mol. The highest BCUT2D eigenvalue weighted by molar-refractivity contribution is 5.64. The number of benzene rings is 1. The molecule has 0 radical (unpaired) electrons. The van der Waals surface area contributed by atoms with Crippen molar-refractivity contribution in [1.82, 2.24) is 29.8 Å². The zero-order valence-corrected chi connectivity index (χ0v) is 15.3. The van der Waals surface area contributed by atoms with E-state index in [2.05, 4.69) is 20.3 Å². The Bertz CT molecular complexity index is 1110. The predicted octanol–water partition coefficient (Wildman–Crippen LogP) is 2.92. The van der Waals surface area contributed by atoms with Crippen LogP contribution in [0.15, 0.2) is 55.1 Å². The first-order chi connectivity index (χ1) is 13.5. The van der Waals surface area contributed by atoms with E-state index in [1.807, 2.05) is 13.1 Å². The highest BCUT2D eigenvalue weighted by Crippen LogP contribution is 2.32. The summed E-state index contributed by atoms with van der Waals surface area (Å²) < 4.78 is 21.7. The average Bonchev–Trinajstić information content (AvgIpc) is 3.35. The number of aromatic nitrogens is 6. The predicted molar refractivity (Wildman–Crippen MR) is 101 cm³/mol. The molecule has 0 spiro atoms. The van der Waals surface area contributed by atoms with Crippen molar-refractivity contribution in [2.75, 3.05) is 5.73 Å². The van der Waals surface area contributed by atoms with Crippen LogP contribution in [0.1, 0.15) is 18.6 Å². The topological polar surface area (TPSA) is 96.7 Å². The smallest absolute Gasteiger partial charge is 0.166 e. The highest BCUT2D eigenvalue weighted by Gasteiger charge is 2.18. The van der Waals surface area contributed by atoms with Crippen LogP contribution in [0.3, 0.4) is 0 Å². The maximum Gasteiger partial charge on any atom is 0.166 e. The molecule has 0 aliphatic heterocycles. The van der Waals surface area contributed by atoms with Gasteiger partial charge in [-0.15, -0.1) is 0 Å². The Morgan fingerprint density at radius 1 is 1.07 bits per heavy atom. The van der Waals surface area contributed by atoms with Crippen LogP contribution in [-0.2, 0) is 7.05 Å². The number of nitrogens with zero attached hydrogens (tertiary/aromatic N) is 6. The number of halogens is 1. The summed E-state index contributed by atoms with van der Waals surface area (Å²) in [5.41, 5.74) is 8.89. The minimum absolute atomic E-state index is 0.243. The number of pyridine rings is 1. The van der Waals surface area contributed by atoms with E-state index in [0.717, 1.165) is 11.3 Å². The molecular formula is C19H18FN7O. The molecule has 0 aliphatic rings. The molecule has 8 nitrogen and oxygen atoms in total. The molecule has 142 valence electrons. The molecule has 1 unspecified atom stereocenters. The average molecular weight is 379 g/mol. The molecule has 3 heterocycles. The molecule has 2 N–H and O–H groups in total. The first-order valence-electron chi connectivity index (χ1n) is 8.59. The standard InChI is InChI=1S/C19H18FN7O/c1-12(15-10-14(20)3-4-17(15)27-24-7-8-25-27)28-18-9-13(11-22-19(18)21)16-5-6-23-26(16)2/h3-12H,1-2H3,(H2,21,22). The van der Waals surface area contributed by atoms with E-state index in [4.69, 9.17) is 10.5 Å². The van der Waals surface area contributed by atoms with E-state index in [1.54, 1.807) is 48.5 Å². The number of nitrogen functional groups attached to an aromatic ring is 1. The zero-order valence-electron chi connectivity index (χ0n) is 15.3. The first-order valence-corrected chi connectivity index (χ1v) is 8.59. The van der Waals surface area contributed by atoms with Crippen LogP contribution in [0.2, 0.25) is 0 Å². The molecule has 1 atom stereocenters. The van der Waals surface area contributed by atoms with Gasteiger partial charge in [0.25, 0.3) is 0 Å². The van der Waals surface area contributed by atoms with Crippen molar-refractivity contribution >= 4 is 5.82 Å². The van der Waals surface area contributed by atoms with Crippen molar-refractivity contribution in [1.29, 1.82) is 0 Å². The summed E-state index contributed by atoms with van der Waals surface area (Å²) in [5.74, 6) is 0.263. The molecule has 0 saturated carbocycles. The third-order valence-electron chi connectivity index (χ3n) is 4.36. The number of anilines is 1. The largest absolute Gasteiger partial charge is 0.482 e. The fourth-order valence-electron chi connectivity index (χ4n) is 2.97. The molecule has 0 saturated heterocycles. The van der Waals surface area contributed by atoms with Gasteiger partial charge in [0.05, 0.1) is 23.8 Å². The lowest BCUT2D eigenvalue weighted by Gasteiger charge is -2.19. The molecule has 9 heteroatoms. The summed E-state index contributed by atoms with van der Waals surface area (Å²) in [5, 5.41) is 12.4. The van der Waals surface area contributed by atoms with Gasteiger partial charge in [-0.25, -0.2) is 9.37 Å². The lowest BCUT2D eigenvalue weighted by atomic mass is 10.1. The third-order valence-corrected chi connectivity index (χ3v) is 4.36. The van der Waals surface area contributed by atoms with Gasteiger partial charge < -0.3 is 10.5 Å². The molecule has 0 aliphatic carbocycles. The molecule has 0 amide bonds. The van der Waals surface area contributed by atoms with E-state index in [1.165, 1.54) is 16.9 Å². The minimum atomic E-state index is -0.525. The molecule has 28 heavy (non-hydrogen) atoms. The van der Waals surface area contributed by atoms with Gasteiger partial charge in [-0.3, -0.25) is 4.68 Å². The van der Waals surface area contributed by atoms with Crippen molar-refractivity contribution in [3.8, 4) is 22.7 Å². The summed E-state index contributed by atoms with van der Waals surface area (Å²) in [7, 11) is 1.84. The van der Waals surface area contributed by atoms with Crippen molar-refractivity contribution < 1.29 is 9.13 Å². The maximum atomic E-state index is 13.9. The van der Waals surface area contributed by atoms with E-state index >= 15 is 0 Å². The second-order valence-electron chi connectivity index (χ2n) is 6.23. The van der Waals surface area contributed by atoms with Gasteiger partial charge in [-0.1, -0.05) is 0 Å². The Hall–Kier alpha value is -3.75.